The smallest absolute Gasteiger partial charge is 0.0864 e. The zero-order valence-electron chi connectivity index (χ0n) is 7.11. The van der Waals surface area contributed by atoms with Gasteiger partial charge < -0.3 is 9.84 Å². The lowest BCUT2D eigenvalue weighted by Crippen LogP contribution is -2.15. The Morgan fingerprint density at radius 2 is 2.23 bits per heavy atom. The van der Waals surface area contributed by atoms with Gasteiger partial charge in [0, 0.05) is 10.4 Å². The highest BCUT2D eigenvalue weighted by Crippen LogP contribution is 2.27. The first-order valence-corrected chi connectivity index (χ1v) is 5.08. The van der Waals surface area contributed by atoms with E-state index in [9.17, 15) is 5.11 Å². The molecule has 2 atom stereocenters. The van der Waals surface area contributed by atoms with E-state index >= 15 is 0 Å². The fourth-order valence-electron chi connectivity index (χ4n) is 1.60. The molecule has 0 radical (unpaired) electrons. The third kappa shape index (κ3) is 1.93. The topological polar surface area (TPSA) is 29.5 Å². The quantitative estimate of drug-likeness (QED) is 0.816. The Balaban J connectivity index is 2.24. The molecule has 0 aromatic heterocycles. The third-order valence-corrected chi connectivity index (χ3v) is 2.82. The summed E-state index contributed by atoms with van der Waals surface area (Å²) in [6.45, 7) is 1.08. The van der Waals surface area contributed by atoms with Crippen LogP contribution in [0.5, 0.6) is 0 Å². The summed E-state index contributed by atoms with van der Waals surface area (Å²) < 4.78 is 6.24. The Kier molecular flexibility index (Phi) is 2.67. The molecule has 0 saturated carbocycles. The Morgan fingerprint density at radius 1 is 1.38 bits per heavy atom. The molecule has 1 aliphatic rings. The molecule has 1 unspecified atom stereocenters. The minimum Gasteiger partial charge on any atom is -0.390 e. The molecule has 2 nitrogen and oxygen atoms in total. The van der Waals surface area contributed by atoms with Crippen LogP contribution in [-0.2, 0) is 4.74 Å². The normalized spacial score (nSPS) is 27.8. The molecule has 2 rings (SSSR count). The maximum absolute atomic E-state index is 9.59. The molecule has 1 fully saturated rings. The van der Waals surface area contributed by atoms with Crippen molar-refractivity contribution < 1.29 is 9.84 Å². The van der Waals surface area contributed by atoms with Crippen LogP contribution in [0, 0.1) is 0 Å². The average Bonchev–Trinajstić information content (AvgIpc) is 2.51. The van der Waals surface area contributed by atoms with Gasteiger partial charge >= 0.3 is 0 Å². The molecule has 3 heteroatoms. The molecular formula is C10H11BrO2. The first kappa shape index (κ1) is 9.19. The van der Waals surface area contributed by atoms with Crippen molar-refractivity contribution in [1.29, 1.82) is 0 Å². The lowest BCUT2D eigenvalue weighted by atomic mass is 9.97. The van der Waals surface area contributed by atoms with Gasteiger partial charge in [-0.25, -0.2) is 0 Å². The predicted octanol–water partition coefficient (Wildman–Crippen LogP) is 1.92. The van der Waals surface area contributed by atoms with E-state index < -0.39 is 0 Å². The monoisotopic (exact) mass is 242 g/mol. The molecule has 1 aromatic carbocycles. The Labute approximate surface area is 85.7 Å². The molecule has 70 valence electrons. The van der Waals surface area contributed by atoms with E-state index in [0.717, 1.165) is 10.0 Å². The van der Waals surface area contributed by atoms with Crippen LogP contribution in [0.25, 0.3) is 0 Å². The lowest BCUT2D eigenvalue weighted by molar-refractivity contribution is 0.124. The van der Waals surface area contributed by atoms with E-state index in [1.54, 1.807) is 0 Å². The summed E-state index contributed by atoms with van der Waals surface area (Å²) in [6, 6.07) is 8.01. The van der Waals surface area contributed by atoms with Crippen molar-refractivity contribution in [2.24, 2.45) is 0 Å². The van der Waals surface area contributed by atoms with Gasteiger partial charge in [0.2, 0.25) is 0 Å². The van der Waals surface area contributed by atoms with Crippen LogP contribution >= 0.6 is 15.9 Å². The second kappa shape index (κ2) is 3.78. The van der Waals surface area contributed by atoms with Crippen LogP contribution < -0.4 is 0 Å². The second-order valence-corrected chi connectivity index (χ2v) is 4.18. The molecule has 0 bridgehead atoms. The van der Waals surface area contributed by atoms with Crippen LogP contribution in [0.15, 0.2) is 28.7 Å². The van der Waals surface area contributed by atoms with Crippen LogP contribution in [-0.4, -0.2) is 24.4 Å². The summed E-state index contributed by atoms with van der Waals surface area (Å²) in [5, 5.41) is 9.59. The maximum Gasteiger partial charge on any atom is 0.0864 e. The van der Waals surface area contributed by atoms with E-state index in [1.165, 1.54) is 0 Å². The van der Waals surface area contributed by atoms with Gasteiger partial charge in [0.1, 0.15) is 0 Å². The van der Waals surface area contributed by atoms with Crippen LogP contribution in [0.3, 0.4) is 0 Å². The van der Waals surface area contributed by atoms with E-state index in [2.05, 4.69) is 15.9 Å². The van der Waals surface area contributed by atoms with Crippen LogP contribution in [0.1, 0.15) is 11.5 Å². The van der Waals surface area contributed by atoms with E-state index in [4.69, 9.17) is 4.74 Å². The van der Waals surface area contributed by atoms with Gasteiger partial charge in [0.25, 0.3) is 0 Å². The van der Waals surface area contributed by atoms with Gasteiger partial charge in [0.15, 0.2) is 0 Å². The molecule has 1 N–H and O–H groups in total. The zero-order valence-corrected chi connectivity index (χ0v) is 8.70. The second-order valence-electron chi connectivity index (χ2n) is 3.27. The third-order valence-electron chi connectivity index (χ3n) is 2.33. The number of halogens is 1. The number of aliphatic hydroxyl groups is 1. The molecule has 13 heavy (non-hydrogen) atoms. The highest BCUT2D eigenvalue weighted by molar-refractivity contribution is 9.10. The molecule has 0 amide bonds. The van der Waals surface area contributed by atoms with Gasteiger partial charge in [-0.05, 0) is 17.7 Å². The van der Waals surface area contributed by atoms with Crippen molar-refractivity contribution in [2.75, 3.05) is 13.2 Å². The van der Waals surface area contributed by atoms with Crippen molar-refractivity contribution in [1.82, 2.24) is 0 Å². The minimum atomic E-state index is -0.353. The van der Waals surface area contributed by atoms with Crippen molar-refractivity contribution in [3.8, 4) is 0 Å². The van der Waals surface area contributed by atoms with Crippen molar-refractivity contribution in [3.05, 3.63) is 34.3 Å². The first-order chi connectivity index (χ1) is 6.27. The molecule has 1 heterocycles. The predicted molar refractivity (Wildman–Crippen MR) is 53.7 cm³/mol. The van der Waals surface area contributed by atoms with Crippen LogP contribution in [0.4, 0.5) is 0 Å². The molecule has 1 aliphatic heterocycles. The molecule has 1 saturated heterocycles. The summed E-state index contributed by atoms with van der Waals surface area (Å²) in [7, 11) is 0. The summed E-state index contributed by atoms with van der Waals surface area (Å²) in [5.41, 5.74) is 1.14. The fourth-order valence-corrected chi connectivity index (χ4v) is 2.02. The van der Waals surface area contributed by atoms with Gasteiger partial charge in [-0.3, -0.25) is 0 Å². The number of rotatable bonds is 1. The van der Waals surface area contributed by atoms with Gasteiger partial charge in [-0.2, -0.15) is 0 Å². The minimum absolute atomic E-state index is 0.137. The molecule has 0 spiro atoms. The van der Waals surface area contributed by atoms with E-state index in [0.29, 0.717) is 13.2 Å². The first-order valence-electron chi connectivity index (χ1n) is 4.28. The largest absolute Gasteiger partial charge is 0.390 e. The Morgan fingerprint density at radius 3 is 2.85 bits per heavy atom. The summed E-state index contributed by atoms with van der Waals surface area (Å²) in [5.74, 6) is 0.137. The fraction of sp³-hybridized carbons (Fsp3) is 0.400. The van der Waals surface area contributed by atoms with Crippen molar-refractivity contribution in [2.45, 2.75) is 12.0 Å². The van der Waals surface area contributed by atoms with E-state index in [1.807, 2.05) is 24.3 Å². The zero-order chi connectivity index (χ0) is 9.26. The number of aliphatic hydroxyl groups excluding tert-OH is 1. The molecular weight excluding hydrogens is 232 g/mol. The maximum atomic E-state index is 9.59. The Bertz CT molecular complexity index is 301. The number of ether oxygens (including phenoxy) is 1. The lowest BCUT2D eigenvalue weighted by Gasteiger charge is -2.12. The highest BCUT2D eigenvalue weighted by Gasteiger charge is 2.27. The van der Waals surface area contributed by atoms with Crippen LogP contribution in [0.2, 0.25) is 0 Å². The van der Waals surface area contributed by atoms with Gasteiger partial charge in [0.05, 0.1) is 19.3 Å². The number of hydrogen-bond acceptors (Lipinski definition) is 2. The Hall–Kier alpha value is -0.380. The number of benzene rings is 1. The average molecular weight is 243 g/mol. The SMILES string of the molecule is O[C@@H]1COCC1c1cccc(Br)c1. The summed E-state index contributed by atoms with van der Waals surface area (Å²) in [6.07, 6.45) is -0.353. The van der Waals surface area contributed by atoms with Crippen molar-refractivity contribution >= 4 is 15.9 Å². The number of hydrogen-bond donors (Lipinski definition) is 1. The summed E-state index contributed by atoms with van der Waals surface area (Å²) in [4.78, 5) is 0. The molecule has 1 aromatic rings. The summed E-state index contributed by atoms with van der Waals surface area (Å²) >= 11 is 3.41. The van der Waals surface area contributed by atoms with Gasteiger partial charge in [-0.15, -0.1) is 0 Å². The van der Waals surface area contributed by atoms with E-state index in [-0.39, 0.29) is 12.0 Å². The standard InChI is InChI=1S/C10H11BrO2/c11-8-3-1-2-7(4-8)9-5-13-6-10(9)12/h1-4,9-10,12H,5-6H2/t9?,10-/m1/s1. The van der Waals surface area contributed by atoms with Gasteiger partial charge in [-0.1, -0.05) is 28.1 Å². The highest BCUT2D eigenvalue weighted by atomic mass is 79.9. The molecule has 0 aliphatic carbocycles. The van der Waals surface area contributed by atoms with Crippen molar-refractivity contribution in [3.63, 3.8) is 0 Å².